The molecule has 1 heterocycles. The second-order valence-electron chi connectivity index (χ2n) is 14.5. The van der Waals surface area contributed by atoms with Gasteiger partial charge in [-0.05, 0) is 86.0 Å². The van der Waals surface area contributed by atoms with Crippen molar-refractivity contribution in [3.63, 3.8) is 0 Å². The SMILES string of the molecule is N#Cc1cccc(-c2cccc(C3(c4cccc(-c5cc(-c6ccccc6)nc(-c6ccc(-c7ccccc7)cc6)n5)c4)c4ccccc4-c4ccccc43)c2)c1. The molecule has 0 spiro atoms. The maximum absolute atomic E-state index is 9.72. The van der Waals surface area contributed by atoms with E-state index in [2.05, 4.69) is 188 Å². The zero-order chi connectivity index (χ0) is 38.2. The number of hydrogen-bond acceptors (Lipinski definition) is 3. The van der Waals surface area contributed by atoms with Crippen molar-refractivity contribution in [3.05, 3.63) is 240 Å². The van der Waals surface area contributed by atoms with E-state index in [0.29, 0.717) is 11.4 Å². The van der Waals surface area contributed by atoms with Gasteiger partial charge in [0.2, 0.25) is 0 Å². The molecule has 0 unspecified atom stereocenters. The molecule has 0 atom stereocenters. The fourth-order valence-electron chi connectivity index (χ4n) is 8.56. The lowest BCUT2D eigenvalue weighted by Gasteiger charge is -2.34. The number of nitriles is 1. The van der Waals surface area contributed by atoms with Crippen LogP contribution in [0.25, 0.3) is 67.3 Å². The fourth-order valence-corrected chi connectivity index (χ4v) is 8.56. The van der Waals surface area contributed by atoms with E-state index in [0.717, 1.165) is 55.9 Å². The molecule has 0 amide bonds. The Morgan fingerprint density at radius 1 is 0.351 bits per heavy atom. The average molecular weight is 726 g/mol. The largest absolute Gasteiger partial charge is 0.228 e. The Morgan fingerprint density at radius 2 is 0.807 bits per heavy atom. The van der Waals surface area contributed by atoms with Crippen molar-refractivity contribution >= 4 is 0 Å². The van der Waals surface area contributed by atoms with Crippen molar-refractivity contribution in [2.45, 2.75) is 5.41 Å². The minimum Gasteiger partial charge on any atom is -0.228 e. The molecular weight excluding hydrogens is 691 g/mol. The molecule has 1 aliphatic rings. The Balaban J connectivity index is 1.17. The molecule has 0 N–H and O–H groups in total. The molecule has 1 aliphatic carbocycles. The van der Waals surface area contributed by atoms with Crippen molar-refractivity contribution in [2.75, 3.05) is 0 Å². The highest BCUT2D eigenvalue weighted by atomic mass is 14.9. The van der Waals surface area contributed by atoms with Gasteiger partial charge in [-0.2, -0.15) is 5.26 Å². The van der Waals surface area contributed by atoms with Gasteiger partial charge < -0.3 is 0 Å². The summed E-state index contributed by atoms with van der Waals surface area (Å²) in [6, 6.07) is 76.9. The van der Waals surface area contributed by atoms with E-state index in [9.17, 15) is 5.26 Å². The zero-order valence-corrected chi connectivity index (χ0v) is 31.0. The van der Waals surface area contributed by atoms with Crippen LogP contribution in [0.5, 0.6) is 0 Å². The lowest BCUT2D eigenvalue weighted by molar-refractivity contribution is 0.769. The molecule has 57 heavy (non-hydrogen) atoms. The predicted octanol–water partition coefficient (Wildman–Crippen LogP) is 13.0. The normalized spacial score (nSPS) is 12.3. The lowest BCUT2D eigenvalue weighted by atomic mass is 9.67. The molecule has 266 valence electrons. The van der Waals surface area contributed by atoms with Crippen LogP contribution >= 0.6 is 0 Å². The van der Waals surface area contributed by atoms with E-state index in [-0.39, 0.29) is 0 Å². The third kappa shape index (κ3) is 5.92. The molecule has 0 fully saturated rings. The summed E-state index contributed by atoms with van der Waals surface area (Å²) in [6.45, 7) is 0. The summed E-state index contributed by atoms with van der Waals surface area (Å²) in [5.41, 5.74) is 16.4. The number of benzene rings is 8. The van der Waals surface area contributed by atoms with Crippen molar-refractivity contribution in [1.82, 2.24) is 9.97 Å². The van der Waals surface area contributed by atoms with Gasteiger partial charge in [0.05, 0.1) is 28.4 Å². The summed E-state index contributed by atoms with van der Waals surface area (Å²) >= 11 is 0. The summed E-state index contributed by atoms with van der Waals surface area (Å²) in [4.78, 5) is 10.4. The Morgan fingerprint density at radius 3 is 1.44 bits per heavy atom. The summed E-state index contributed by atoms with van der Waals surface area (Å²) in [5, 5.41) is 9.72. The van der Waals surface area contributed by atoms with Crippen molar-refractivity contribution in [2.24, 2.45) is 0 Å². The number of hydrogen-bond donors (Lipinski definition) is 0. The molecular formula is C54H35N3. The van der Waals surface area contributed by atoms with Crippen LogP contribution in [-0.4, -0.2) is 9.97 Å². The van der Waals surface area contributed by atoms with Crippen LogP contribution in [-0.2, 0) is 5.41 Å². The van der Waals surface area contributed by atoms with Gasteiger partial charge in [0.1, 0.15) is 0 Å². The number of nitrogens with zero attached hydrogens (tertiary/aromatic N) is 3. The molecule has 0 saturated heterocycles. The molecule has 0 aliphatic heterocycles. The summed E-state index contributed by atoms with van der Waals surface area (Å²) in [7, 11) is 0. The molecule has 0 saturated carbocycles. The third-order valence-electron chi connectivity index (χ3n) is 11.2. The molecule has 3 nitrogen and oxygen atoms in total. The fraction of sp³-hybridized carbons (Fsp3) is 0.0185. The van der Waals surface area contributed by atoms with E-state index in [1.165, 1.54) is 27.8 Å². The van der Waals surface area contributed by atoms with E-state index in [1.54, 1.807) is 0 Å². The van der Waals surface area contributed by atoms with Crippen LogP contribution in [0.4, 0.5) is 0 Å². The standard InChI is InChI=1S/C54H35N3/c55-36-37-14-11-19-42(32-37)43-20-12-22-45(33-43)54(49-26-9-7-24-47(49)48-25-8-10-27-50(48)54)46-23-13-21-44(34-46)52-35-51(40-17-5-2-6-18-40)56-53(57-52)41-30-28-39(29-31-41)38-15-3-1-4-16-38/h1-35H. The van der Waals surface area contributed by atoms with Crippen LogP contribution in [0.15, 0.2) is 212 Å². The maximum atomic E-state index is 9.72. The molecule has 10 rings (SSSR count). The van der Waals surface area contributed by atoms with E-state index < -0.39 is 5.41 Å². The van der Waals surface area contributed by atoms with Crippen LogP contribution < -0.4 is 0 Å². The van der Waals surface area contributed by atoms with E-state index in [1.807, 2.05) is 30.3 Å². The molecule has 8 aromatic carbocycles. The summed E-state index contributed by atoms with van der Waals surface area (Å²) in [5.74, 6) is 0.676. The Kier molecular flexibility index (Phi) is 8.43. The first kappa shape index (κ1) is 33.9. The van der Waals surface area contributed by atoms with Gasteiger partial charge in [-0.1, -0.05) is 182 Å². The van der Waals surface area contributed by atoms with Gasteiger partial charge in [-0.15, -0.1) is 0 Å². The molecule has 9 aromatic rings. The third-order valence-corrected chi connectivity index (χ3v) is 11.2. The topological polar surface area (TPSA) is 49.6 Å². The number of aromatic nitrogens is 2. The Bertz CT molecular complexity index is 2910. The van der Waals surface area contributed by atoms with Gasteiger partial charge in [0.25, 0.3) is 0 Å². The lowest BCUT2D eigenvalue weighted by Crippen LogP contribution is -2.28. The average Bonchev–Trinajstić information content (AvgIpc) is 3.61. The monoisotopic (exact) mass is 725 g/mol. The molecule has 1 aromatic heterocycles. The van der Waals surface area contributed by atoms with Crippen LogP contribution in [0.2, 0.25) is 0 Å². The van der Waals surface area contributed by atoms with Crippen molar-refractivity contribution in [3.8, 4) is 73.4 Å². The molecule has 3 heteroatoms. The van der Waals surface area contributed by atoms with Gasteiger partial charge >= 0.3 is 0 Å². The predicted molar refractivity (Wildman–Crippen MR) is 231 cm³/mol. The highest BCUT2D eigenvalue weighted by Gasteiger charge is 2.46. The van der Waals surface area contributed by atoms with E-state index >= 15 is 0 Å². The van der Waals surface area contributed by atoms with Crippen LogP contribution in [0.1, 0.15) is 27.8 Å². The van der Waals surface area contributed by atoms with Crippen LogP contribution in [0.3, 0.4) is 0 Å². The van der Waals surface area contributed by atoms with Gasteiger partial charge in [0, 0.05) is 16.7 Å². The minimum absolute atomic E-state index is 0.628. The second kappa shape index (κ2) is 14.2. The van der Waals surface area contributed by atoms with Crippen LogP contribution in [0, 0.1) is 11.3 Å². The quantitative estimate of drug-likeness (QED) is 0.164. The maximum Gasteiger partial charge on any atom is 0.160 e. The highest BCUT2D eigenvalue weighted by Crippen LogP contribution is 2.56. The number of fused-ring (bicyclic) bond motifs is 3. The summed E-state index contributed by atoms with van der Waals surface area (Å²) < 4.78 is 0. The highest BCUT2D eigenvalue weighted by molar-refractivity contribution is 5.87. The number of rotatable bonds is 7. The zero-order valence-electron chi connectivity index (χ0n) is 31.0. The van der Waals surface area contributed by atoms with Crippen molar-refractivity contribution in [1.29, 1.82) is 5.26 Å². The Labute approximate surface area is 332 Å². The van der Waals surface area contributed by atoms with Gasteiger partial charge in [-0.3, -0.25) is 0 Å². The second-order valence-corrected chi connectivity index (χ2v) is 14.5. The van der Waals surface area contributed by atoms with Gasteiger partial charge in [-0.25, -0.2) is 9.97 Å². The smallest absolute Gasteiger partial charge is 0.160 e. The van der Waals surface area contributed by atoms with Gasteiger partial charge in [0.15, 0.2) is 5.82 Å². The Hall–Kier alpha value is -7.67. The first-order valence-electron chi connectivity index (χ1n) is 19.2. The van der Waals surface area contributed by atoms with E-state index in [4.69, 9.17) is 9.97 Å². The molecule has 0 radical (unpaired) electrons. The molecule has 0 bridgehead atoms. The first-order chi connectivity index (χ1) is 28.2. The van der Waals surface area contributed by atoms with Crippen molar-refractivity contribution < 1.29 is 0 Å². The minimum atomic E-state index is -0.628. The summed E-state index contributed by atoms with van der Waals surface area (Å²) in [6.07, 6.45) is 0. The first-order valence-corrected chi connectivity index (χ1v) is 19.2.